The zero-order valence-corrected chi connectivity index (χ0v) is 13.3. The molecule has 1 atom stereocenters. The summed E-state index contributed by atoms with van der Waals surface area (Å²) in [5.74, 6) is 0. The number of anilines is 1. The van der Waals surface area contributed by atoms with Crippen LogP contribution >= 0.6 is 11.3 Å². The lowest BCUT2D eigenvalue weighted by Gasteiger charge is -2.14. The number of nitrogens with two attached hydrogens (primary N) is 1. The minimum absolute atomic E-state index is 0.128. The molecule has 0 fully saturated rings. The molecule has 4 nitrogen and oxygen atoms in total. The largest absolute Gasteiger partial charge is 0.398 e. The zero-order chi connectivity index (χ0) is 14.9. The molecule has 3 N–H and O–H groups in total. The average Bonchev–Trinajstić information content (AvgIpc) is 2.74. The first kappa shape index (κ1) is 15.0. The Morgan fingerprint density at radius 1 is 1.20 bits per heavy atom. The molecule has 108 valence electrons. The van der Waals surface area contributed by atoms with Crippen LogP contribution in [0, 0.1) is 13.8 Å². The molecule has 1 aromatic heterocycles. The lowest BCUT2D eigenvalue weighted by Crippen LogP contribution is -2.27. The summed E-state index contributed by atoms with van der Waals surface area (Å²) in [6.45, 7) is 5.69. The molecule has 0 saturated heterocycles. The SMILES string of the molecule is Cc1ccc(S(=O)(=O)NC(C)c2ccc(C)s2)c(N)c1. The number of sulfonamides is 1. The Morgan fingerprint density at radius 2 is 1.90 bits per heavy atom. The van der Waals surface area contributed by atoms with Crippen LogP contribution in [0.3, 0.4) is 0 Å². The number of nitrogen functional groups attached to an aromatic ring is 1. The molecule has 0 aliphatic rings. The van der Waals surface area contributed by atoms with Gasteiger partial charge in [-0.15, -0.1) is 11.3 Å². The van der Waals surface area contributed by atoms with Gasteiger partial charge in [-0.2, -0.15) is 0 Å². The van der Waals surface area contributed by atoms with E-state index in [0.29, 0.717) is 0 Å². The summed E-state index contributed by atoms with van der Waals surface area (Å²) in [6, 6.07) is 8.58. The third-order valence-corrected chi connectivity index (χ3v) is 5.77. The maximum Gasteiger partial charge on any atom is 0.243 e. The van der Waals surface area contributed by atoms with E-state index >= 15 is 0 Å². The van der Waals surface area contributed by atoms with E-state index in [1.165, 1.54) is 0 Å². The Kier molecular flexibility index (Phi) is 4.17. The summed E-state index contributed by atoms with van der Waals surface area (Å²) in [4.78, 5) is 2.26. The third-order valence-electron chi connectivity index (χ3n) is 2.97. The van der Waals surface area contributed by atoms with Crippen LogP contribution in [0.2, 0.25) is 0 Å². The monoisotopic (exact) mass is 310 g/mol. The number of hydrogen-bond donors (Lipinski definition) is 2. The fourth-order valence-electron chi connectivity index (χ4n) is 1.95. The normalized spacial score (nSPS) is 13.3. The maximum absolute atomic E-state index is 12.4. The van der Waals surface area contributed by atoms with Crippen molar-refractivity contribution in [2.24, 2.45) is 0 Å². The Bertz CT molecular complexity index is 721. The summed E-state index contributed by atoms with van der Waals surface area (Å²) < 4.78 is 27.4. The van der Waals surface area contributed by atoms with Crippen LogP contribution in [0.15, 0.2) is 35.2 Å². The van der Waals surface area contributed by atoms with Gasteiger partial charge in [-0.25, -0.2) is 13.1 Å². The average molecular weight is 310 g/mol. The molecule has 2 rings (SSSR count). The van der Waals surface area contributed by atoms with Crippen molar-refractivity contribution in [2.45, 2.75) is 31.7 Å². The Balaban J connectivity index is 2.27. The molecule has 0 bridgehead atoms. The van der Waals surface area contributed by atoms with Gasteiger partial charge in [-0.1, -0.05) is 6.07 Å². The summed E-state index contributed by atoms with van der Waals surface area (Å²) in [5, 5.41) is 0. The molecule has 1 aromatic carbocycles. The van der Waals surface area contributed by atoms with E-state index < -0.39 is 10.0 Å². The van der Waals surface area contributed by atoms with Gasteiger partial charge < -0.3 is 5.73 Å². The number of nitrogens with one attached hydrogen (secondary N) is 1. The first-order chi connectivity index (χ1) is 9.29. The summed E-state index contributed by atoms with van der Waals surface area (Å²) in [7, 11) is -3.61. The maximum atomic E-state index is 12.4. The second kappa shape index (κ2) is 5.55. The topological polar surface area (TPSA) is 72.2 Å². The lowest BCUT2D eigenvalue weighted by molar-refractivity contribution is 0.569. The number of rotatable bonds is 4. The van der Waals surface area contributed by atoms with Crippen LogP contribution in [0.25, 0.3) is 0 Å². The smallest absolute Gasteiger partial charge is 0.243 e. The Hall–Kier alpha value is -1.37. The van der Waals surface area contributed by atoms with Crippen molar-refractivity contribution in [3.63, 3.8) is 0 Å². The van der Waals surface area contributed by atoms with E-state index in [2.05, 4.69) is 4.72 Å². The molecular formula is C14H18N2O2S2. The molecule has 0 amide bonds. The number of benzene rings is 1. The van der Waals surface area contributed by atoms with Crippen molar-refractivity contribution < 1.29 is 8.42 Å². The van der Waals surface area contributed by atoms with Gasteiger partial charge in [-0.3, -0.25) is 0 Å². The summed E-state index contributed by atoms with van der Waals surface area (Å²) in [5.41, 5.74) is 7.01. The van der Waals surface area contributed by atoms with Crippen molar-refractivity contribution >= 4 is 27.0 Å². The minimum Gasteiger partial charge on any atom is -0.398 e. The highest BCUT2D eigenvalue weighted by Gasteiger charge is 2.21. The summed E-state index contributed by atoms with van der Waals surface area (Å²) in [6.07, 6.45) is 0. The van der Waals surface area contributed by atoms with Gasteiger partial charge in [-0.05, 0) is 50.6 Å². The first-order valence-corrected chi connectivity index (χ1v) is 8.54. The second-order valence-electron chi connectivity index (χ2n) is 4.83. The van der Waals surface area contributed by atoms with Crippen LogP contribution in [-0.4, -0.2) is 8.42 Å². The molecule has 0 radical (unpaired) electrons. The van der Waals surface area contributed by atoms with Gasteiger partial charge in [0.05, 0.1) is 11.7 Å². The molecular weight excluding hydrogens is 292 g/mol. The molecule has 20 heavy (non-hydrogen) atoms. The zero-order valence-electron chi connectivity index (χ0n) is 11.7. The van der Waals surface area contributed by atoms with E-state index in [-0.39, 0.29) is 16.6 Å². The van der Waals surface area contributed by atoms with Gasteiger partial charge in [0.15, 0.2) is 0 Å². The van der Waals surface area contributed by atoms with E-state index in [4.69, 9.17) is 5.73 Å². The molecule has 6 heteroatoms. The van der Waals surface area contributed by atoms with E-state index in [1.54, 1.807) is 29.5 Å². The predicted molar refractivity (Wildman–Crippen MR) is 83.4 cm³/mol. The molecule has 1 unspecified atom stereocenters. The highest BCUT2D eigenvalue weighted by molar-refractivity contribution is 7.89. The van der Waals surface area contributed by atoms with Crippen molar-refractivity contribution in [2.75, 3.05) is 5.73 Å². The molecule has 1 heterocycles. The van der Waals surface area contributed by atoms with Crippen LogP contribution in [-0.2, 0) is 10.0 Å². The molecule has 0 saturated carbocycles. The van der Waals surface area contributed by atoms with Crippen LogP contribution in [0.1, 0.15) is 28.3 Å². The molecule has 0 aliphatic heterocycles. The second-order valence-corrected chi connectivity index (χ2v) is 7.83. The van der Waals surface area contributed by atoms with Gasteiger partial charge in [0, 0.05) is 9.75 Å². The van der Waals surface area contributed by atoms with Crippen molar-refractivity contribution in [1.29, 1.82) is 0 Å². The first-order valence-electron chi connectivity index (χ1n) is 6.24. The number of thiophene rings is 1. The standard InChI is InChI=1S/C14H18N2O2S2/c1-9-4-7-14(12(15)8-9)20(17,18)16-11(3)13-6-5-10(2)19-13/h4-8,11,16H,15H2,1-3H3. The fourth-order valence-corrected chi connectivity index (χ4v) is 4.24. The van der Waals surface area contributed by atoms with Crippen molar-refractivity contribution in [3.05, 3.63) is 45.6 Å². The van der Waals surface area contributed by atoms with E-state index in [9.17, 15) is 8.42 Å². The fraction of sp³-hybridized carbons (Fsp3) is 0.286. The third kappa shape index (κ3) is 3.20. The highest BCUT2D eigenvalue weighted by atomic mass is 32.2. The van der Waals surface area contributed by atoms with Crippen LogP contribution in [0.5, 0.6) is 0 Å². The van der Waals surface area contributed by atoms with Gasteiger partial charge in [0.1, 0.15) is 4.90 Å². The van der Waals surface area contributed by atoms with Crippen LogP contribution in [0.4, 0.5) is 5.69 Å². The minimum atomic E-state index is -3.61. The Morgan fingerprint density at radius 3 is 2.45 bits per heavy atom. The lowest BCUT2D eigenvalue weighted by atomic mass is 10.2. The summed E-state index contributed by atoms with van der Waals surface area (Å²) >= 11 is 1.58. The van der Waals surface area contributed by atoms with Crippen LogP contribution < -0.4 is 10.5 Å². The van der Waals surface area contributed by atoms with E-state index in [0.717, 1.165) is 15.3 Å². The van der Waals surface area contributed by atoms with Gasteiger partial charge in [0.25, 0.3) is 0 Å². The van der Waals surface area contributed by atoms with Gasteiger partial charge >= 0.3 is 0 Å². The van der Waals surface area contributed by atoms with Gasteiger partial charge in [0.2, 0.25) is 10.0 Å². The molecule has 0 aliphatic carbocycles. The number of hydrogen-bond acceptors (Lipinski definition) is 4. The Labute approximate surface area is 123 Å². The molecule has 0 spiro atoms. The number of aryl methyl sites for hydroxylation is 2. The van der Waals surface area contributed by atoms with Crippen molar-refractivity contribution in [3.8, 4) is 0 Å². The quantitative estimate of drug-likeness (QED) is 0.853. The molecule has 2 aromatic rings. The van der Waals surface area contributed by atoms with E-state index in [1.807, 2.05) is 32.9 Å². The van der Waals surface area contributed by atoms with Crippen molar-refractivity contribution in [1.82, 2.24) is 4.72 Å². The predicted octanol–water partition coefficient (Wildman–Crippen LogP) is 2.99. The highest BCUT2D eigenvalue weighted by Crippen LogP contribution is 2.26.